The Hall–Kier alpha value is -1.57. The number of unbranched alkanes of at least 4 members (excludes halogenated alkanes) is 1. The van der Waals surface area contributed by atoms with Crippen molar-refractivity contribution < 1.29 is 15.0 Å². The highest BCUT2D eigenvalue weighted by Gasteiger charge is 2.44. The Morgan fingerprint density at radius 1 is 1.33 bits per heavy atom. The molecule has 0 aromatic heterocycles. The van der Waals surface area contributed by atoms with E-state index < -0.39 is 6.10 Å². The summed E-state index contributed by atoms with van der Waals surface area (Å²) in [7, 11) is 0. The Morgan fingerprint density at radius 2 is 2.07 bits per heavy atom. The number of amides is 1. The topological polar surface area (TPSA) is 69.6 Å². The lowest BCUT2D eigenvalue weighted by atomic mass is 9.89. The SMILES string of the molecule is CC#CC[C@H](C)[C@H](O)C=C[C@@H]1[C@H]2CC(=CCCCC(=O)NC(C)(C)C)C[C@H]2C[C@H]1O. The van der Waals surface area contributed by atoms with E-state index in [0.717, 1.165) is 32.1 Å². The number of hydrogen-bond acceptors (Lipinski definition) is 3. The number of aliphatic hydroxyl groups excluding tert-OH is 2. The van der Waals surface area contributed by atoms with Crippen LogP contribution in [0.3, 0.4) is 0 Å². The second-order valence-corrected chi connectivity index (χ2v) is 10.2. The number of carbonyl (C=O) groups is 1. The van der Waals surface area contributed by atoms with Gasteiger partial charge in [-0.3, -0.25) is 4.79 Å². The normalized spacial score (nSPS) is 29.5. The van der Waals surface area contributed by atoms with E-state index in [-0.39, 0.29) is 29.4 Å². The summed E-state index contributed by atoms with van der Waals surface area (Å²) in [6.07, 6.45) is 11.4. The molecule has 0 bridgehead atoms. The van der Waals surface area contributed by atoms with Gasteiger partial charge in [-0.15, -0.1) is 11.8 Å². The molecule has 6 atom stereocenters. The Balaban J connectivity index is 1.83. The Bertz CT molecular complexity index is 691. The van der Waals surface area contributed by atoms with Crippen molar-refractivity contribution in [2.24, 2.45) is 23.7 Å². The van der Waals surface area contributed by atoms with Crippen molar-refractivity contribution in [2.75, 3.05) is 0 Å². The summed E-state index contributed by atoms with van der Waals surface area (Å²) >= 11 is 0. The molecule has 2 rings (SSSR count). The molecule has 0 aliphatic heterocycles. The van der Waals surface area contributed by atoms with Crippen LogP contribution in [-0.4, -0.2) is 33.9 Å². The molecular weight excluding hydrogens is 374 g/mol. The Kier molecular flexibility index (Phi) is 9.19. The second kappa shape index (κ2) is 11.2. The molecule has 0 saturated heterocycles. The van der Waals surface area contributed by atoms with Crippen molar-refractivity contribution in [2.45, 2.75) is 97.3 Å². The van der Waals surface area contributed by atoms with Gasteiger partial charge >= 0.3 is 0 Å². The van der Waals surface area contributed by atoms with Crippen LogP contribution in [0.1, 0.15) is 79.6 Å². The number of carbonyl (C=O) groups excluding carboxylic acids is 1. The predicted octanol–water partition coefficient (Wildman–Crippen LogP) is 4.37. The molecule has 30 heavy (non-hydrogen) atoms. The van der Waals surface area contributed by atoms with Gasteiger partial charge in [-0.05, 0) is 77.6 Å². The van der Waals surface area contributed by atoms with Gasteiger partial charge in [0.25, 0.3) is 0 Å². The molecule has 168 valence electrons. The fourth-order valence-corrected chi connectivity index (χ4v) is 4.80. The van der Waals surface area contributed by atoms with E-state index in [2.05, 4.69) is 29.3 Å². The number of allylic oxidation sites excluding steroid dienone is 2. The number of aliphatic hydroxyl groups is 2. The van der Waals surface area contributed by atoms with Gasteiger partial charge in [-0.2, -0.15) is 0 Å². The molecule has 2 aliphatic carbocycles. The first-order valence-electron chi connectivity index (χ1n) is 11.5. The van der Waals surface area contributed by atoms with Gasteiger partial charge in [0.1, 0.15) is 0 Å². The lowest BCUT2D eigenvalue weighted by Gasteiger charge is -2.20. The summed E-state index contributed by atoms with van der Waals surface area (Å²) in [6, 6.07) is 0. The number of fused-ring (bicyclic) bond motifs is 1. The number of rotatable bonds is 8. The Morgan fingerprint density at radius 3 is 2.73 bits per heavy atom. The number of hydrogen-bond donors (Lipinski definition) is 3. The van der Waals surface area contributed by atoms with Gasteiger partial charge in [-0.25, -0.2) is 0 Å². The van der Waals surface area contributed by atoms with Crippen molar-refractivity contribution in [3.63, 3.8) is 0 Å². The van der Waals surface area contributed by atoms with Crippen LogP contribution in [0.15, 0.2) is 23.8 Å². The minimum Gasteiger partial charge on any atom is -0.392 e. The van der Waals surface area contributed by atoms with Crippen LogP contribution in [0.5, 0.6) is 0 Å². The van der Waals surface area contributed by atoms with Gasteiger partial charge in [0, 0.05) is 24.3 Å². The molecule has 4 nitrogen and oxygen atoms in total. The summed E-state index contributed by atoms with van der Waals surface area (Å²) in [5.41, 5.74) is 1.30. The molecule has 0 aromatic rings. The van der Waals surface area contributed by atoms with Crippen molar-refractivity contribution in [3.8, 4) is 11.8 Å². The van der Waals surface area contributed by atoms with Crippen LogP contribution >= 0.6 is 0 Å². The minimum absolute atomic E-state index is 0.0950. The summed E-state index contributed by atoms with van der Waals surface area (Å²) in [5, 5.41) is 23.9. The minimum atomic E-state index is -0.521. The molecule has 2 aliphatic rings. The molecule has 0 spiro atoms. The molecule has 0 heterocycles. The van der Waals surface area contributed by atoms with E-state index in [9.17, 15) is 15.0 Å². The fourth-order valence-electron chi connectivity index (χ4n) is 4.80. The smallest absolute Gasteiger partial charge is 0.220 e. The average molecular weight is 416 g/mol. The zero-order valence-electron chi connectivity index (χ0n) is 19.4. The first-order chi connectivity index (χ1) is 14.1. The van der Waals surface area contributed by atoms with E-state index in [1.54, 1.807) is 0 Å². The van der Waals surface area contributed by atoms with Gasteiger partial charge in [0.05, 0.1) is 12.2 Å². The molecular formula is C26H41NO3. The molecule has 0 unspecified atom stereocenters. The van der Waals surface area contributed by atoms with Gasteiger partial charge in [0.15, 0.2) is 0 Å². The van der Waals surface area contributed by atoms with Crippen molar-refractivity contribution >= 4 is 5.91 Å². The lowest BCUT2D eigenvalue weighted by Crippen LogP contribution is -2.40. The maximum absolute atomic E-state index is 11.9. The summed E-state index contributed by atoms with van der Waals surface area (Å²) in [5.74, 6) is 7.23. The molecule has 2 saturated carbocycles. The van der Waals surface area contributed by atoms with E-state index in [4.69, 9.17) is 0 Å². The van der Waals surface area contributed by atoms with Crippen LogP contribution < -0.4 is 5.32 Å². The molecule has 1 amide bonds. The van der Waals surface area contributed by atoms with Crippen LogP contribution in [0.2, 0.25) is 0 Å². The zero-order chi connectivity index (χ0) is 22.3. The lowest BCUT2D eigenvalue weighted by molar-refractivity contribution is -0.122. The maximum atomic E-state index is 11.9. The van der Waals surface area contributed by atoms with Crippen molar-refractivity contribution in [3.05, 3.63) is 23.8 Å². The fraction of sp³-hybridized carbons (Fsp3) is 0.731. The highest BCUT2D eigenvalue weighted by molar-refractivity contribution is 5.76. The third kappa shape index (κ3) is 7.60. The molecule has 2 fully saturated rings. The van der Waals surface area contributed by atoms with Crippen molar-refractivity contribution in [1.29, 1.82) is 0 Å². The molecule has 0 radical (unpaired) electrons. The maximum Gasteiger partial charge on any atom is 0.220 e. The molecule has 4 heteroatoms. The standard InChI is InChI=1S/C26H41NO3/c1-6-7-10-18(2)23(28)14-13-21-22-16-19(15-20(22)17-24(21)29)11-8-9-12-25(30)27-26(3,4)5/h11,13-14,18,20-24,28-29H,8-10,12,15-17H2,1-5H3,(H,27,30)/t18-,20-,21+,22-,23+,24+/m0/s1. The highest BCUT2D eigenvalue weighted by Crippen LogP contribution is 2.50. The molecule has 0 aromatic carbocycles. The number of nitrogens with one attached hydrogen (secondary N) is 1. The quantitative estimate of drug-likeness (QED) is 0.313. The largest absolute Gasteiger partial charge is 0.392 e. The van der Waals surface area contributed by atoms with Gasteiger partial charge in [0.2, 0.25) is 5.91 Å². The van der Waals surface area contributed by atoms with Crippen LogP contribution in [-0.2, 0) is 4.79 Å². The van der Waals surface area contributed by atoms with E-state index in [0.29, 0.717) is 24.7 Å². The average Bonchev–Trinajstić information content (AvgIpc) is 3.16. The van der Waals surface area contributed by atoms with Crippen LogP contribution in [0.4, 0.5) is 0 Å². The van der Waals surface area contributed by atoms with Crippen LogP contribution in [0.25, 0.3) is 0 Å². The predicted molar refractivity (Wildman–Crippen MR) is 123 cm³/mol. The van der Waals surface area contributed by atoms with Gasteiger partial charge in [-0.1, -0.05) is 30.7 Å². The molecule has 3 N–H and O–H groups in total. The zero-order valence-corrected chi connectivity index (χ0v) is 19.4. The van der Waals surface area contributed by atoms with E-state index in [1.807, 2.05) is 40.7 Å². The summed E-state index contributed by atoms with van der Waals surface area (Å²) in [4.78, 5) is 11.9. The Labute approximate surface area is 183 Å². The van der Waals surface area contributed by atoms with Crippen LogP contribution in [0, 0.1) is 35.5 Å². The second-order valence-electron chi connectivity index (χ2n) is 10.2. The third-order valence-electron chi connectivity index (χ3n) is 6.38. The van der Waals surface area contributed by atoms with E-state index >= 15 is 0 Å². The summed E-state index contributed by atoms with van der Waals surface area (Å²) in [6.45, 7) is 9.83. The first kappa shape index (κ1) is 24.7. The van der Waals surface area contributed by atoms with Gasteiger partial charge < -0.3 is 15.5 Å². The third-order valence-corrected chi connectivity index (χ3v) is 6.38. The summed E-state index contributed by atoms with van der Waals surface area (Å²) < 4.78 is 0. The van der Waals surface area contributed by atoms with E-state index in [1.165, 1.54) is 5.57 Å². The first-order valence-corrected chi connectivity index (χ1v) is 11.5. The van der Waals surface area contributed by atoms with Crippen molar-refractivity contribution in [1.82, 2.24) is 5.32 Å². The highest BCUT2D eigenvalue weighted by atomic mass is 16.3. The monoisotopic (exact) mass is 415 g/mol.